The van der Waals surface area contributed by atoms with Crippen LogP contribution in [0.4, 0.5) is 27.5 Å². The Hall–Kier alpha value is -5.57. The first-order valence-corrected chi connectivity index (χ1v) is 13.8. The molecule has 0 bridgehead atoms. The van der Waals surface area contributed by atoms with Crippen LogP contribution in [0.15, 0.2) is 49.1 Å². The van der Waals surface area contributed by atoms with Gasteiger partial charge in [0.05, 0.1) is 28.4 Å². The minimum atomic E-state index is -0.675. The number of hydrogen-bond donors (Lipinski definition) is 5. The van der Waals surface area contributed by atoms with Crippen LogP contribution in [0.1, 0.15) is 62.7 Å². The van der Waals surface area contributed by atoms with E-state index >= 15 is 0 Å². The Morgan fingerprint density at radius 3 is 1.24 bits per heavy atom. The second kappa shape index (κ2) is 12.6. The van der Waals surface area contributed by atoms with Crippen LogP contribution in [-0.2, 0) is 32.9 Å². The first-order chi connectivity index (χ1) is 21.0. The smallest absolute Gasteiger partial charge is 0.412 e. The number of aromatic nitrogens is 4. The molecule has 4 aromatic rings. The number of carbonyl (C=O) groups is 5. The van der Waals surface area contributed by atoms with Crippen molar-refractivity contribution in [2.45, 2.75) is 26.4 Å². The van der Waals surface area contributed by atoms with Crippen molar-refractivity contribution in [3.63, 3.8) is 0 Å². The molecule has 4 aromatic heterocycles. The average molecular weight is 621 g/mol. The molecule has 15 heteroatoms. The Bertz CT molecular complexity index is 1800. The van der Waals surface area contributed by atoms with Gasteiger partial charge in [-0.25, -0.2) is 4.79 Å². The summed E-state index contributed by atoms with van der Waals surface area (Å²) in [6.45, 7) is 4.59. The van der Waals surface area contributed by atoms with Crippen LogP contribution in [0, 0.1) is 0 Å². The lowest BCUT2D eigenvalue weighted by Gasteiger charge is -2.19. The molecule has 238 valence electrons. The van der Waals surface area contributed by atoms with Gasteiger partial charge in [-0.05, 0) is 45.0 Å². The van der Waals surface area contributed by atoms with Crippen LogP contribution < -0.4 is 21.3 Å². The quantitative estimate of drug-likeness (QED) is 0.178. The predicted molar refractivity (Wildman–Crippen MR) is 167 cm³/mol. The fraction of sp³-hybridized carbons (Fsp3) is 0.300. The highest BCUT2D eigenvalue weighted by molar-refractivity contribution is 6.09. The summed E-state index contributed by atoms with van der Waals surface area (Å²) in [6.07, 6.45) is 5.63. The van der Waals surface area contributed by atoms with Crippen LogP contribution >= 0.6 is 0 Å². The normalized spacial score (nSPS) is 11.2. The van der Waals surface area contributed by atoms with Crippen molar-refractivity contribution in [3.8, 4) is 0 Å². The first kappa shape index (κ1) is 32.3. The monoisotopic (exact) mass is 620 g/mol. The maximum absolute atomic E-state index is 13.1. The number of aliphatic hydroxyl groups excluding tert-OH is 1. The van der Waals surface area contributed by atoms with Crippen LogP contribution in [0.25, 0.3) is 0 Å². The fourth-order valence-corrected chi connectivity index (χ4v) is 4.57. The number of nitrogens with zero attached hydrogens (tertiary/aromatic N) is 4. The van der Waals surface area contributed by atoms with E-state index in [0.29, 0.717) is 22.7 Å². The molecule has 0 aliphatic carbocycles. The molecule has 15 nitrogen and oxygen atoms in total. The fourth-order valence-electron chi connectivity index (χ4n) is 4.57. The number of Topliss-reactive ketones (excluding diaryl/α,β-unsaturated/α-hetero) is 1. The maximum Gasteiger partial charge on any atom is 0.412 e. The lowest BCUT2D eigenvalue weighted by molar-refractivity contribution is 0.0635. The molecular formula is C30H36N8O7. The maximum atomic E-state index is 13.1. The SMILES string of the molecule is Cn1cc(NC(=O)c2cc(NC(=O)c3cc(NC(=O)c4cc(NC(=O)OC(C)(C)C)cn4C)cn3C)cn2C)cc1C(=O)CO. The lowest BCUT2D eigenvalue weighted by Crippen LogP contribution is -2.27. The minimum Gasteiger partial charge on any atom is -0.444 e. The zero-order valence-electron chi connectivity index (χ0n) is 26.0. The van der Waals surface area contributed by atoms with Crippen molar-refractivity contribution >= 4 is 52.3 Å². The van der Waals surface area contributed by atoms with E-state index in [1.165, 1.54) is 33.4 Å². The summed E-state index contributed by atoms with van der Waals surface area (Å²) in [5.74, 6) is -1.89. The highest BCUT2D eigenvalue weighted by atomic mass is 16.6. The van der Waals surface area contributed by atoms with Gasteiger partial charge < -0.3 is 44.1 Å². The van der Waals surface area contributed by atoms with E-state index in [2.05, 4.69) is 21.3 Å². The number of anilines is 4. The predicted octanol–water partition coefficient (Wildman–Crippen LogP) is 3.32. The number of aryl methyl sites for hydroxylation is 4. The molecule has 0 spiro atoms. The Morgan fingerprint density at radius 1 is 0.600 bits per heavy atom. The Balaban J connectivity index is 1.40. The van der Waals surface area contributed by atoms with E-state index in [-0.39, 0.29) is 22.8 Å². The molecule has 4 amide bonds. The number of carbonyl (C=O) groups excluding carboxylic acids is 5. The zero-order valence-corrected chi connectivity index (χ0v) is 26.0. The average Bonchev–Trinajstić information content (AvgIpc) is 3.68. The Kier molecular flexibility index (Phi) is 9.04. The lowest BCUT2D eigenvalue weighted by atomic mass is 10.2. The number of ketones is 1. The summed E-state index contributed by atoms with van der Waals surface area (Å²) < 4.78 is 11.4. The van der Waals surface area contributed by atoms with Crippen LogP contribution in [0.2, 0.25) is 0 Å². The van der Waals surface area contributed by atoms with Crippen LogP contribution in [0.5, 0.6) is 0 Å². The van der Waals surface area contributed by atoms with E-state index in [1.807, 2.05) is 0 Å². The van der Waals surface area contributed by atoms with Crippen LogP contribution in [-0.4, -0.2) is 65.2 Å². The third-order valence-electron chi connectivity index (χ3n) is 6.57. The van der Waals surface area contributed by atoms with Gasteiger partial charge in [-0.2, -0.15) is 0 Å². The van der Waals surface area contributed by atoms with Crippen molar-refractivity contribution < 1.29 is 33.8 Å². The van der Waals surface area contributed by atoms with Gasteiger partial charge in [-0.3, -0.25) is 24.5 Å². The highest BCUT2D eigenvalue weighted by Crippen LogP contribution is 2.21. The Morgan fingerprint density at radius 2 is 0.911 bits per heavy atom. The molecular weight excluding hydrogens is 584 g/mol. The van der Waals surface area contributed by atoms with E-state index in [9.17, 15) is 24.0 Å². The van der Waals surface area contributed by atoms with E-state index in [0.717, 1.165) is 0 Å². The number of aliphatic hydroxyl groups is 1. The van der Waals surface area contributed by atoms with Gasteiger partial charge in [0.1, 0.15) is 29.3 Å². The molecule has 0 saturated heterocycles. The number of rotatable bonds is 9. The molecule has 0 aliphatic rings. The molecule has 4 heterocycles. The molecule has 5 N–H and O–H groups in total. The summed E-state index contributed by atoms with van der Waals surface area (Å²) in [5, 5.41) is 19.9. The molecule has 0 aromatic carbocycles. The van der Waals surface area contributed by atoms with Crippen molar-refractivity contribution in [1.29, 1.82) is 0 Å². The van der Waals surface area contributed by atoms with Crippen molar-refractivity contribution in [1.82, 2.24) is 18.3 Å². The number of hydrogen-bond acceptors (Lipinski definition) is 7. The summed E-state index contributed by atoms with van der Waals surface area (Å²) in [6, 6.07) is 5.98. The standard InChI is InChI=1S/C30H36N8O7/c1-30(2,3)45-29(44)34-20-11-24(38(7)15-20)28(43)33-19-10-23(37(6)14-19)27(42)32-18-9-22(36(5)13-18)26(41)31-17-8-21(25(40)16-39)35(4)12-17/h8-15,39H,16H2,1-7H3,(H,31,41)(H,32,42)(H,33,43)(H,34,44). The zero-order chi connectivity index (χ0) is 33.2. The first-order valence-electron chi connectivity index (χ1n) is 13.8. The molecule has 0 atom stereocenters. The Labute approximate surface area is 258 Å². The second-order valence-corrected chi connectivity index (χ2v) is 11.5. The summed E-state index contributed by atoms with van der Waals surface area (Å²) in [5.41, 5.74) is 1.79. The summed E-state index contributed by atoms with van der Waals surface area (Å²) >= 11 is 0. The third kappa shape index (κ3) is 7.69. The summed E-state index contributed by atoms with van der Waals surface area (Å²) in [7, 11) is 6.57. The van der Waals surface area contributed by atoms with Gasteiger partial charge in [0.15, 0.2) is 0 Å². The van der Waals surface area contributed by atoms with Crippen molar-refractivity contribution in [2.75, 3.05) is 27.9 Å². The largest absolute Gasteiger partial charge is 0.444 e. The summed E-state index contributed by atoms with van der Waals surface area (Å²) in [4.78, 5) is 62.9. The highest BCUT2D eigenvalue weighted by Gasteiger charge is 2.21. The second-order valence-electron chi connectivity index (χ2n) is 11.5. The number of ether oxygens (including phenoxy) is 1. The van der Waals surface area contributed by atoms with Crippen molar-refractivity contribution in [3.05, 3.63) is 71.8 Å². The number of amides is 4. The topological polar surface area (TPSA) is 183 Å². The minimum absolute atomic E-state index is 0.240. The number of nitrogens with one attached hydrogen (secondary N) is 4. The van der Waals surface area contributed by atoms with Gasteiger partial charge >= 0.3 is 6.09 Å². The molecule has 0 unspecified atom stereocenters. The van der Waals surface area contributed by atoms with E-state index in [4.69, 9.17) is 9.84 Å². The molecule has 45 heavy (non-hydrogen) atoms. The van der Waals surface area contributed by atoms with Gasteiger partial charge in [0, 0.05) is 53.0 Å². The van der Waals surface area contributed by atoms with E-state index in [1.54, 1.807) is 82.9 Å². The molecule has 0 saturated carbocycles. The van der Waals surface area contributed by atoms with Crippen molar-refractivity contribution in [2.24, 2.45) is 28.2 Å². The molecule has 0 fully saturated rings. The van der Waals surface area contributed by atoms with Gasteiger partial charge in [0.25, 0.3) is 17.7 Å². The third-order valence-corrected chi connectivity index (χ3v) is 6.57. The van der Waals surface area contributed by atoms with Gasteiger partial charge in [-0.1, -0.05) is 0 Å². The molecule has 0 aliphatic heterocycles. The molecule has 4 rings (SSSR count). The van der Waals surface area contributed by atoms with Crippen LogP contribution in [0.3, 0.4) is 0 Å². The van der Waals surface area contributed by atoms with Gasteiger partial charge in [-0.15, -0.1) is 0 Å². The van der Waals surface area contributed by atoms with Gasteiger partial charge in [0.2, 0.25) is 5.78 Å². The van der Waals surface area contributed by atoms with E-state index < -0.39 is 41.8 Å². The molecule has 0 radical (unpaired) electrons.